The van der Waals surface area contributed by atoms with Gasteiger partial charge in [0.1, 0.15) is 0 Å². The SMILES string of the molecule is C/C(=N/S(=O)(=O)c1ccc(N=C(N)N)cc1)c1ccc2ccccc2c1. The first-order valence-electron chi connectivity index (χ1n) is 7.85. The normalized spacial score (nSPS) is 12.1. The van der Waals surface area contributed by atoms with Crippen molar-refractivity contribution in [3.05, 3.63) is 72.3 Å². The maximum atomic E-state index is 12.5. The summed E-state index contributed by atoms with van der Waals surface area (Å²) in [6, 6.07) is 19.5. The third kappa shape index (κ3) is 3.89. The van der Waals surface area contributed by atoms with Gasteiger partial charge in [0.25, 0.3) is 10.0 Å². The molecule has 3 aromatic carbocycles. The molecule has 7 heteroatoms. The predicted molar refractivity (Wildman–Crippen MR) is 105 cm³/mol. The molecule has 0 saturated heterocycles. The van der Waals surface area contributed by atoms with Crippen molar-refractivity contribution in [1.29, 1.82) is 0 Å². The van der Waals surface area contributed by atoms with Gasteiger partial charge in [0.05, 0.1) is 16.3 Å². The molecule has 6 nitrogen and oxygen atoms in total. The molecule has 0 aliphatic heterocycles. The van der Waals surface area contributed by atoms with Crippen molar-refractivity contribution >= 4 is 38.2 Å². The van der Waals surface area contributed by atoms with Crippen LogP contribution < -0.4 is 11.5 Å². The van der Waals surface area contributed by atoms with Crippen LogP contribution in [-0.4, -0.2) is 20.1 Å². The number of hydrogen-bond acceptors (Lipinski definition) is 3. The summed E-state index contributed by atoms with van der Waals surface area (Å²) in [6.45, 7) is 1.68. The molecule has 0 spiro atoms. The van der Waals surface area contributed by atoms with Crippen molar-refractivity contribution in [2.24, 2.45) is 20.9 Å². The van der Waals surface area contributed by atoms with Crippen molar-refractivity contribution in [1.82, 2.24) is 0 Å². The Hall–Kier alpha value is -3.19. The molecule has 0 aromatic heterocycles. The van der Waals surface area contributed by atoms with Gasteiger partial charge in [0.15, 0.2) is 5.96 Å². The molecule has 0 unspecified atom stereocenters. The third-order valence-electron chi connectivity index (χ3n) is 3.82. The van der Waals surface area contributed by atoms with Crippen LogP contribution in [0.5, 0.6) is 0 Å². The van der Waals surface area contributed by atoms with Crippen LogP contribution in [0.15, 0.2) is 81.0 Å². The molecule has 4 N–H and O–H groups in total. The molecular formula is C19H18N4O2S. The van der Waals surface area contributed by atoms with Crippen LogP contribution in [0, 0.1) is 0 Å². The van der Waals surface area contributed by atoms with Crippen molar-refractivity contribution in [2.75, 3.05) is 0 Å². The van der Waals surface area contributed by atoms with E-state index in [-0.39, 0.29) is 10.9 Å². The Morgan fingerprint density at radius 1 is 0.885 bits per heavy atom. The summed E-state index contributed by atoms with van der Waals surface area (Å²) in [5.41, 5.74) is 12.3. The fourth-order valence-corrected chi connectivity index (χ4v) is 3.59. The highest BCUT2D eigenvalue weighted by Gasteiger charge is 2.14. The molecule has 0 bridgehead atoms. The van der Waals surface area contributed by atoms with Gasteiger partial charge in [0, 0.05) is 0 Å². The minimum Gasteiger partial charge on any atom is -0.370 e. The number of hydrogen-bond donors (Lipinski definition) is 2. The van der Waals surface area contributed by atoms with Gasteiger partial charge in [-0.2, -0.15) is 12.8 Å². The first-order chi connectivity index (χ1) is 12.3. The topological polar surface area (TPSA) is 111 Å². The minimum atomic E-state index is -3.83. The second kappa shape index (κ2) is 6.97. The van der Waals surface area contributed by atoms with Crippen LogP contribution in [0.25, 0.3) is 10.8 Å². The quantitative estimate of drug-likeness (QED) is 0.546. The van der Waals surface area contributed by atoms with Crippen LogP contribution in [-0.2, 0) is 10.0 Å². The van der Waals surface area contributed by atoms with E-state index in [1.54, 1.807) is 6.92 Å². The molecule has 0 heterocycles. The summed E-state index contributed by atoms with van der Waals surface area (Å²) in [7, 11) is -3.83. The molecule has 0 saturated carbocycles. The number of nitrogens with two attached hydrogens (primary N) is 2. The zero-order valence-electron chi connectivity index (χ0n) is 14.1. The zero-order valence-corrected chi connectivity index (χ0v) is 14.9. The van der Waals surface area contributed by atoms with Gasteiger partial charge in [-0.25, -0.2) is 4.99 Å². The van der Waals surface area contributed by atoms with E-state index in [0.717, 1.165) is 16.3 Å². The highest BCUT2D eigenvalue weighted by atomic mass is 32.2. The van der Waals surface area contributed by atoms with E-state index in [0.29, 0.717) is 11.4 Å². The van der Waals surface area contributed by atoms with Gasteiger partial charge in [-0.05, 0) is 53.6 Å². The van der Waals surface area contributed by atoms with Crippen LogP contribution >= 0.6 is 0 Å². The molecule has 0 amide bonds. The molecule has 0 radical (unpaired) electrons. The smallest absolute Gasteiger partial charge is 0.282 e. The minimum absolute atomic E-state index is 0.0761. The van der Waals surface area contributed by atoms with Gasteiger partial charge >= 0.3 is 0 Å². The lowest BCUT2D eigenvalue weighted by Gasteiger charge is -2.05. The zero-order chi connectivity index (χ0) is 18.7. The van der Waals surface area contributed by atoms with Crippen LogP contribution in [0.4, 0.5) is 5.69 Å². The maximum Gasteiger partial charge on any atom is 0.282 e. The number of nitrogens with zero attached hydrogens (tertiary/aromatic N) is 2. The summed E-state index contributed by atoms with van der Waals surface area (Å²) in [5, 5.41) is 2.11. The molecule has 132 valence electrons. The Bertz CT molecular complexity index is 1110. The number of fused-ring (bicyclic) bond motifs is 1. The Labute approximate surface area is 151 Å². The monoisotopic (exact) mass is 366 g/mol. The second-order valence-electron chi connectivity index (χ2n) is 5.74. The Balaban J connectivity index is 1.94. The van der Waals surface area contributed by atoms with E-state index < -0.39 is 10.0 Å². The molecule has 0 fully saturated rings. The molecular weight excluding hydrogens is 348 g/mol. The van der Waals surface area contributed by atoms with E-state index in [4.69, 9.17) is 11.5 Å². The fraction of sp³-hybridized carbons (Fsp3) is 0.0526. The molecule has 26 heavy (non-hydrogen) atoms. The average Bonchev–Trinajstić information content (AvgIpc) is 2.61. The third-order valence-corrected chi connectivity index (χ3v) is 5.20. The molecule has 0 aliphatic carbocycles. The lowest BCUT2D eigenvalue weighted by Crippen LogP contribution is -2.21. The van der Waals surface area contributed by atoms with E-state index in [1.165, 1.54) is 24.3 Å². The summed E-state index contributed by atoms with van der Waals surface area (Å²) >= 11 is 0. The first kappa shape index (κ1) is 17.6. The molecule has 3 aromatic rings. The Morgan fingerprint density at radius 2 is 1.54 bits per heavy atom. The second-order valence-corrected chi connectivity index (χ2v) is 7.35. The highest BCUT2D eigenvalue weighted by molar-refractivity contribution is 7.90. The average molecular weight is 366 g/mol. The predicted octanol–water partition coefficient (Wildman–Crippen LogP) is 2.94. The van der Waals surface area contributed by atoms with E-state index >= 15 is 0 Å². The molecule has 0 atom stereocenters. The number of aliphatic imine (C=N–C) groups is 1. The first-order valence-corrected chi connectivity index (χ1v) is 9.30. The lowest BCUT2D eigenvalue weighted by atomic mass is 10.1. The van der Waals surface area contributed by atoms with Crippen LogP contribution in [0.2, 0.25) is 0 Å². The maximum absolute atomic E-state index is 12.5. The molecule has 3 rings (SSSR count). The number of guanidine groups is 1. The lowest BCUT2D eigenvalue weighted by molar-refractivity contribution is 0.598. The van der Waals surface area contributed by atoms with Crippen LogP contribution in [0.1, 0.15) is 12.5 Å². The van der Waals surface area contributed by atoms with Crippen molar-refractivity contribution in [3.63, 3.8) is 0 Å². The fourth-order valence-electron chi connectivity index (χ4n) is 2.54. The Morgan fingerprint density at radius 3 is 2.19 bits per heavy atom. The van der Waals surface area contributed by atoms with Gasteiger partial charge < -0.3 is 11.5 Å². The van der Waals surface area contributed by atoms with Gasteiger partial charge in [-0.1, -0.05) is 36.4 Å². The number of rotatable bonds is 4. The van der Waals surface area contributed by atoms with E-state index in [2.05, 4.69) is 9.39 Å². The summed E-state index contributed by atoms with van der Waals surface area (Å²) in [5.74, 6) is -0.0919. The van der Waals surface area contributed by atoms with Crippen molar-refractivity contribution < 1.29 is 8.42 Å². The van der Waals surface area contributed by atoms with Crippen molar-refractivity contribution in [2.45, 2.75) is 11.8 Å². The highest BCUT2D eigenvalue weighted by Crippen LogP contribution is 2.20. The summed E-state index contributed by atoms with van der Waals surface area (Å²) < 4.78 is 29.0. The van der Waals surface area contributed by atoms with Gasteiger partial charge in [-0.15, -0.1) is 0 Å². The summed E-state index contributed by atoms with van der Waals surface area (Å²) in [6.07, 6.45) is 0. The van der Waals surface area contributed by atoms with E-state index in [1.807, 2.05) is 42.5 Å². The largest absolute Gasteiger partial charge is 0.370 e. The number of benzene rings is 3. The Kier molecular flexibility index (Phi) is 4.73. The van der Waals surface area contributed by atoms with E-state index in [9.17, 15) is 8.42 Å². The summed E-state index contributed by atoms with van der Waals surface area (Å²) in [4.78, 5) is 3.94. The van der Waals surface area contributed by atoms with Crippen LogP contribution in [0.3, 0.4) is 0 Å². The number of sulfonamides is 1. The van der Waals surface area contributed by atoms with Gasteiger partial charge in [-0.3, -0.25) is 0 Å². The van der Waals surface area contributed by atoms with Gasteiger partial charge in [0.2, 0.25) is 0 Å². The molecule has 0 aliphatic rings. The van der Waals surface area contributed by atoms with Crippen molar-refractivity contribution in [3.8, 4) is 0 Å². The standard InChI is InChI=1S/C19H18N4O2S/c1-13(15-7-6-14-4-2-3-5-16(14)12-15)23-26(24,25)18-10-8-17(9-11-18)22-19(20)21/h2-12H,1H3,(H4,20,21,22)/b23-13-.